The quantitative estimate of drug-likeness (QED) is 0.744. The Bertz CT molecular complexity index is 552. The molecule has 0 N–H and O–H groups in total. The number of likely N-dealkylation sites (tertiary alicyclic amines) is 1. The number of rotatable bonds is 5. The van der Waals surface area contributed by atoms with Crippen LogP contribution < -0.4 is 0 Å². The van der Waals surface area contributed by atoms with Crippen LogP contribution in [-0.2, 0) is 10.0 Å². The van der Waals surface area contributed by atoms with Crippen LogP contribution in [0.4, 0.5) is 0 Å². The molecule has 1 aromatic rings. The van der Waals surface area contributed by atoms with Crippen LogP contribution in [-0.4, -0.2) is 57.6 Å². The predicted octanol–water partition coefficient (Wildman–Crippen LogP) is 0.664. The molecule has 1 unspecified atom stereocenters. The van der Waals surface area contributed by atoms with Gasteiger partial charge in [0, 0.05) is 20.1 Å². The van der Waals surface area contributed by atoms with Crippen molar-refractivity contribution in [1.82, 2.24) is 9.21 Å². The zero-order valence-corrected chi connectivity index (χ0v) is 11.9. The van der Waals surface area contributed by atoms with Gasteiger partial charge in [-0.2, -0.15) is 4.31 Å². The first-order valence-electron chi connectivity index (χ1n) is 6.13. The van der Waals surface area contributed by atoms with Crippen LogP contribution in [0.1, 0.15) is 17.0 Å². The van der Waals surface area contributed by atoms with Gasteiger partial charge in [0.1, 0.15) is 0 Å². The van der Waals surface area contributed by atoms with Crippen molar-refractivity contribution in [3.63, 3.8) is 0 Å². The van der Waals surface area contributed by atoms with Gasteiger partial charge in [0.05, 0.1) is 0 Å². The molecule has 2 heterocycles. The van der Waals surface area contributed by atoms with Crippen molar-refractivity contribution in [2.45, 2.75) is 11.5 Å². The lowest BCUT2D eigenvalue weighted by atomic mass is 10.1. The zero-order valence-electron chi connectivity index (χ0n) is 11.1. The molecule has 19 heavy (non-hydrogen) atoms. The summed E-state index contributed by atoms with van der Waals surface area (Å²) in [4.78, 5) is 12.7. The summed E-state index contributed by atoms with van der Waals surface area (Å²) in [6, 6.07) is 2.67. The van der Waals surface area contributed by atoms with Crippen molar-refractivity contribution in [2.24, 2.45) is 5.92 Å². The second kappa shape index (κ2) is 5.44. The smallest absolute Gasteiger partial charge is 0.276 e. The molecule has 1 aliphatic heterocycles. The Hall–Kier alpha value is -1.18. The first-order chi connectivity index (χ1) is 8.93. The summed E-state index contributed by atoms with van der Waals surface area (Å²) in [6.45, 7) is 2.36. The van der Waals surface area contributed by atoms with Gasteiger partial charge in [0.15, 0.2) is 12.0 Å². The van der Waals surface area contributed by atoms with E-state index in [-0.39, 0.29) is 10.9 Å². The van der Waals surface area contributed by atoms with Crippen LogP contribution in [0.25, 0.3) is 0 Å². The van der Waals surface area contributed by atoms with Crippen LogP contribution >= 0.6 is 0 Å². The Balaban J connectivity index is 2.08. The number of sulfonamides is 1. The van der Waals surface area contributed by atoms with Crippen molar-refractivity contribution < 1.29 is 17.6 Å². The maximum absolute atomic E-state index is 12.2. The molecule has 6 nitrogen and oxygen atoms in total. The van der Waals surface area contributed by atoms with E-state index in [1.54, 1.807) is 0 Å². The maximum atomic E-state index is 12.2. The van der Waals surface area contributed by atoms with Crippen molar-refractivity contribution in [3.8, 4) is 0 Å². The van der Waals surface area contributed by atoms with Gasteiger partial charge in [0.25, 0.3) is 10.0 Å². The standard InChI is InChI=1S/C12H18N2O4S/c1-13-6-5-10(7-13)8-14(2)19(16,17)12-4-3-11(9-15)18-12/h3-4,9-10H,5-8H2,1-2H3. The van der Waals surface area contributed by atoms with E-state index >= 15 is 0 Å². The largest absolute Gasteiger partial charge is 0.440 e. The van der Waals surface area contributed by atoms with Gasteiger partial charge in [-0.15, -0.1) is 0 Å². The van der Waals surface area contributed by atoms with Crippen molar-refractivity contribution >= 4 is 16.3 Å². The molecule has 0 saturated carbocycles. The summed E-state index contributed by atoms with van der Waals surface area (Å²) >= 11 is 0. The number of furan rings is 1. The lowest BCUT2D eigenvalue weighted by Crippen LogP contribution is -2.32. The Morgan fingerprint density at radius 2 is 2.26 bits per heavy atom. The van der Waals surface area contributed by atoms with Crippen molar-refractivity contribution in [1.29, 1.82) is 0 Å². The lowest BCUT2D eigenvalue weighted by molar-refractivity contribution is 0.109. The summed E-state index contributed by atoms with van der Waals surface area (Å²) in [6.07, 6.45) is 1.49. The highest BCUT2D eigenvalue weighted by atomic mass is 32.2. The highest BCUT2D eigenvalue weighted by molar-refractivity contribution is 7.89. The maximum Gasteiger partial charge on any atom is 0.276 e. The SMILES string of the molecule is CN1CCC(CN(C)S(=O)(=O)c2ccc(C=O)o2)C1. The molecule has 1 aliphatic rings. The molecule has 1 atom stereocenters. The summed E-state index contributed by atoms with van der Waals surface area (Å²) in [7, 11) is -0.0803. The third-order valence-corrected chi connectivity index (χ3v) is 5.08. The van der Waals surface area contributed by atoms with Crippen molar-refractivity contribution in [2.75, 3.05) is 33.7 Å². The molecule has 0 amide bonds. The molecule has 106 valence electrons. The Kier molecular flexibility index (Phi) is 4.07. The van der Waals surface area contributed by atoms with E-state index in [1.165, 1.54) is 23.5 Å². The molecule has 0 bridgehead atoms. The first kappa shape index (κ1) is 14.2. The van der Waals surface area contributed by atoms with Crippen molar-refractivity contribution in [3.05, 3.63) is 17.9 Å². The van der Waals surface area contributed by atoms with E-state index in [0.717, 1.165) is 19.5 Å². The van der Waals surface area contributed by atoms with Gasteiger partial charge in [-0.1, -0.05) is 0 Å². The first-order valence-corrected chi connectivity index (χ1v) is 7.57. The minimum absolute atomic E-state index is 0.0209. The average Bonchev–Trinajstić information content (AvgIpc) is 2.98. The summed E-state index contributed by atoms with van der Waals surface area (Å²) in [5, 5.41) is -0.177. The van der Waals surface area contributed by atoms with Crippen LogP contribution in [0.3, 0.4) is 0 Å². The van der Waals surface area contributed by atoms with Gasteiger partial charge < -0.3 is 9.32 Å². The highest BCUT2D eigenvalue weighted by Crippen LogP contribution is 2.21. The molecule has 1 saturated heterocycles. The molecular weight excluding hydrogens is 268 g/mol. The number of aldehydes is 1. The molecule has 0 aromatic carbocycles. The molecule has 0 spiro atoms. The number of carbonyl (C=O) groups is 1. The fourth-order valence-corrected chi connectivity index (χ4v) is 3.48. The summed E-state index contributed by atoms with van der Waals surface area (Å²) < 4.78 is 30.8. The van der Waals surface area contributed by atoms with Gasteiger partial charge in [-0.05, 0) is 38.1 Å². The fraction of sp³-hybridized carbons (Fsp3) is 0.583. The summed E-state index contributed by atoms with van der Waals surface area (Å²) in [5.41, 5.74) is 0. The Labute approximate surface area is 113 Å². The number of carbonyl (C=O) groups excluding carboxylic acids is 1. The summed E-state index contributed by atoms with van der Waals surface area (Å²) in [5.74, 6) is 0.359. The normalized spacial score (nSPS) is 21.1. The van der Waals surface area contributed by atoms with E-state index in [2.05, 4.69) is 4.90 Å². The molecule has 0 radical (unpaired) electrons. The van der Waals surface area contributed by atoms with E-state index < -0.39 is 10.0 Å². The van der Waals surface area contributed by atoms with Crippen LogP contribution in [0, 0.1) is 5.92 Å². The average molecular weight is 286 g/mol. The molecule has 1 aromatic heterocycles. The topological polar surface area (TPSA) is 70.8 Å². The van der Waals surface area contributed by atoms with Gasteiger partial charge in [0.2, 0.25) is 5.09 Å². The fourth-order valence-electron chi connectivity index (χ4n) is 2.33. The molecule has 0 aliphatic carbocycles. The number of nitrogens with zero attached hydrogens (tertiary/aromatic N) is 2. The van der Waals surface area contributed by atoms with Crippen LogP contribution in [0.2, 0.25) is 0 Å². The third-order valence-electron chi connectivity index (χ3n) is 3.39. The van der Waals surface area contributed by atoms with E-state index in [4.69, 9.17) is 4.42 Å². The van der Waals surface area contributed by atoms with Crippen LogP contribution in [0.15, 0.2) is 21.6 Å². The number of hydrogen-bond donors (Lipinski definition) is 0. The molecule has 2 rings (SSSR count). The minimum atomic E-state index is -3.64. The molecule has 1 fully saturated rings. The molecular formula is C12H18N2O4S. The lowest BCUT2D eigenvalue weighted by Gasteiger charge is -2.19. The van der Waals surface area contributed by atoms with Gasteiger partial charge in [-0.25, -0.2) is 8.42 Å². The third kappa shape index (κ3) is 3.05. The monoisotopic (exact) mass is 286 g/mol. The zero-order chi connectivity index (χ0) is 14.0. The second-order valence-electron chi connectivity index (χ2n) is 4.98. The number of hydrogen-bond acceptors (Lipinski definition) is 5. The minimum Gasteiger partial charge on any atom is -0.440 e. The van der Waals surface area contributed by atoms with Gasteiger partial charge >= 0.3 is 0 Å². The van der Waals surface area contributed by atoms with Crippen LogP contribution in [0.5, 0.6) is 0 Å². The van der Waals surface area contributed by atoms with E-state index in [9.17, 15) is 13.2 Å². The predicted molar refractivity (Wildman–Crippen MR) is 69.5 cm³/mol. The Morgan fingerprint density at radius 1 is 1.53 bits per heavy atom. The Morgan fingerprint density at radius 3 is 2.79 bits per heavy atom. The highest BCUT2D eigenvalue weighted by Gasteiger charge is 2.29. The second-order valence-corrected chi connectivity index (χ2v) is 6.95. The molecule has 7 heteroatoms. The van der Waals surface area contributed by atoms with E-state index in [0.29, 0.717) is 18.7 Å². The van der Waals surface area contributed by atoms with Gasteiger partial charge in [-0.3, -0.25) is 4.79 Å². The van der Waals surface area contributed by atoms with E-state index in [1.807, 2.05) is 7.05 Å².